The predicted molar refractivity (Wildman–Crippen MR) is 64.6 cm³/mol. The molecular formula is C12H14N2O4. The fourth-order valence-corrected chi connectivity index (χ4v) is 1.69. The summed E-state index contributed by atoms with van der Waals surface area (Å²) in [7, 11) is 0. The summed E-state index contributed by atoms with van der Waals surface area (Å²) in [4.78, 5) is 22.6. The van der Waals surface area contributed by atoms with Crippen molar-refractivity contribution in [2.24, 2.45) is 0 Å². The molecular weight excluding hydrogens is 236 g/mol. The highest BCUT2D eigenvalue weighted by atomic mass is 16.5. The Labute approximate surface area is 104 Å². The van der Waals surface area contributed by atoms with Crippen LogP contribution in [0.1, 0.15) is 10.4 Å². The quantitative estimate of drug-likeness (QED) is 0.718. The Morgan fingerprint density at radius 3 is 2.94 bits per heavy atom. The minimum absolute atomic E-state index is 0.135. The summed E-state index contributed by atoms with van der Waals surface area (Å²) in [6.45, 7) is 1.69. The number of carbonyl (C=O) groups excluding carboxylic acids is 1. The van der Waals surface area contributed by atoms with Crippen LogP contribution in [-0.2, 0) is 9.53 Å². The van der Waals surface area contributed by atoms with Crippen LogP contribution in [-0.4, -0.2) is 42.8 Å². The molecule has 0 spiro atoms. The molecule has 1 atom stereocenters. The van der Waals surface area contributed by atoms with Crippen molar-refractivity contribution >= 4 is 17.6 Å². The Morgan fingerprint density at radius 1 is 1.44 bits per heavy atom. The SMILES string of the molecule is O=C(O)c1cccc(NC(=O)C2CNCCO2)c1. The summed E-state index contributed by atoms with van der Waals surface area (Å²) in [6.07, 6.45) is -0.535. The molecule has 96 valence electrons. The minimum atomic E-state index is -1.03. The first-order chi connectivity index (χ1) is 8.66. The van der Waals surface area contributed by atoms with Gasteiger partial charge < -0.3 is 20.5 Å². The summed E-state index contributed by atoms with van der Waals surface area (Å²) >= 11 is 0. The fourth-order valence-electron chi connectivity index (χ4n) is 1.69. The maximum absolute atomic E-state index is 11.8. The number of ether oxygens (including phenoxy) is 1. The number of carbonyl (C=O) groups is 2. The van der Waals surface area contributed by atoms with Crippen molar-refractivity contribution in [3.63, 3.8) is 0 Å². The van der Waals surface area contributed by atoms with Gasteiger partial charge in [0.25, 0.3) is 5.91 Å². The van der Waals surface area contributed by atoms with Gasteiger partial charge in [-0.05, 0) is 18.2 Å². The van der Waals surface area contributed by atoms with E-state index < -0.39 is 12.1 Å². The van der Waals surface area contributed by atoms with Crippen molar-refractivity contribution in [3.8, 4) is 0 Å². The van der Waals surface area contributed by atoms with E-state index in [9.17, 15) is 9.59 Å². The van der Waals surface area contributed by atoms with Crippen LogP contribution in [0.15, 0.2) is 24.3 Å². The van der Waals surface area contributed by atoms with Gasteiger partial charge in [-0.25, -0.2) is 4.79 Å². The van der Waals surface area contributed by atoms with Crippen LogP contribution in [0.4, 0.5) is 5.69 Å². The van der Waals surface area contributed by atoms with E-state index in [0.29, 0.717) is 18.8 Å². The molecule has 0 bridgehead atoms. The molecule has 1 amide bonds. The number of carboxylic acids is 1. The number of rotatable bonds is 3. The number of benzene rings is 1. The van der Waals surface area contributed by atoms with E-state index in [1.165, 1.54) is 12.1 Å². The van der Waals surface area contributed by atoms with Crippen LogP contribution in [0.3, 0.4) is 0 Å². The molecule has 1 aliphatic heterocycles. The second-order valence-corrected chi connectivity index (χ2v) is 3.94. The number of morpholine rings is 1. The van der Waals surface area contributed by atoms with E-state index in [0.717, 1.165) is 6.54 Å². The largest absolute Gasteiger partial charge is 0.478 e. The summed E-state index contributed by atoms with van der Waals surface area (Å²) in [5.74, 6) is -1.30. The zero-order valence-electron chi connectivity index (χ0n) is 9.68. The summed E-state index contributed by atoms with van der Waals surface area (Å²) in [5.41, 5.74) is 0.588. The molecule has 0 radical (unpaired) electrons. The normalized spacial score (nSPS) is 19.2. The highest BCUT2D eigenvalue weighted by molar-refractivity contribution is 5.96. The number of amides is 1. The summed E-state index contributed by atoms with van der Waals surface area (Å²) < 4.78 is 5.30. The molecule has 0 aromatic heterocycles. The van der Waals surface area contributed by atoms with Crippen LogP contribution in [0, 0.1) is 0 Å². The Morgan fingerprint density at radius 2 is 2.28 bits per heavy atom. The van der Waals surface area contributed by atoms with Gasteiger partial charge in [-0.2, -0.15) is 0 Å². The molecule has 1 saturated heterocycles. The van der Waals surface area contributed by atoms with Crippen molar-refractivity contribution in [1.29, 1.82) is 0 Å². The van der Waals surface area contributed by atoms with Gasteiger partial charge in [0, 0.05) is 18.8 Å². The highest BCUT2D eigenvalue weighted by Crippen LogP contribution is 2.11. The Kier molecular flexibility index (Phi) is 3.91. The zero-order chi connectivity index (χ0) is 13.0. The van der Waals surface area contributed by atoms with Crippen molar-refractivity contribution in [1.82, 2.24) is 5.32 Å². The number of aromatic carboxylic acids is 1. The first kappa shape index (κ1) is 12.5. The van der Waals surface area contributed by atoms with E-state index in [1.807, 2.05) is 0 Å². The second kappa shape index (κ2) is 5.61. The van der Waals surface area contributed by atoms with Crippen molar-refractivity contribution in [3.05, 3.63) is 29.8 Å². The maximum Gasteiger partial charge on any atom is 0.335 e. The number of nitrogens with one attached hydrogen (secondary N) is 2. The van der Waals surface area contributed by atoms with Gasteiger partial charge >= 0.3 is 5.97 Å². The molecule has 1 unspecified atom stereocenters. The third-order valence-electron chi connectivity index (χ3n) is 2.60. The van der Waals surface area contributed by atoms with E-state index in [4.69, 9.17) is 9.84 Å². The lowest BCUT2D eigenvalue weighted by molar-refractivity contribution is -0.128. The Bertz CT molecular complexity index is 455. The van der Waals surface area contributed by atoms with Crippen LogP contribution in [0.5, 0.6) is 0 Å². The van der Waals surface area contributed by atoms with E-state index in [-0.39, 0.29) is 11.5 Å². The van der Waals surface area contributed by atoms with Gasteiger partial charge in [0.2, 0.25) is 0 Å². The second-order valence-electron chi connectivity index (χ2n) is 3.94. The van der Waals surface area contributed by atoms with E-state index in [2.05, 4.69) is 10.6 Å². The van der Waals surface area contributed by atoms with Crippen molar-refractivity contribution in [2.75, 3.05) is 25.0 Å². The van der Waals surface area contributed by atoms with Crippen molar-refractivity contribution < 1.29 is 19.4 Å². The topological polar surface area (TPSA) is 87.7 Å². The molecule has 2 rings (SSSR count). The average molecular weight is 250 g/mol. The number of carboxylic acid groups (broad SMARTS) is 1. The molecule has 1 heterocycles. The minimum Gasteiger partial charge on any atom is -0.478 e. The smallest absolute Gasteiger partial charge is 0.335 e. The van der Waals surface area contributed by atoms with Crippen LogP contribution in [0.2, 0.25) is 0 Å². The van der Waals surface area contributed by atoms with Gasteiger partial charge in [0.05, 0.1) is 12.2 Å². The highest BCUT2D eigenvalue weighted by Gasteiger charge is 2.21. The molecule has 1 aromatic carbocycles. The third kappa shape index (κ3) is 3.06. The summed E-state index contributed by atoms with van der Waals surface area (Å²) in [6, 6.07) is 6.10. The monoisotopic (exact) mass is 250 g/mol. The molecule has 1 aromatic rings. The molecule has 3 N–H and O–H groups in total. The molecule has 6 nitrogen and oxygen atoms in total. The average Bonchev–Trinajstić information content (AvgIpc) is 2.40. The lowest BCUT2D eigenvalue weighted by Gasteiger charge is -2.22. The predicted octanol–water partition coefficient (Wildman–Crippen LogP) is 0.312. The van der Waals surface area contributed by atoms with Gasteiger partial charge in [-0.15, -0.1) is 0 Å². The number of hydrogen-bond acceptors (Lipinski definition) is 4. The van der Waals surface area contributed by atoms with E-state index in [1.54, 1.807) is 12.1 Å². The van der Waals surface area contributed by atoms with Gasteiger partial charge in [-0.3, -0.25) is 4.79 Å². The lowest BCUT2D eigenvalue weighted by Crippen LogP contribution is -2.45. The molecule has 1 fully saturated rings. The fraction of sp³-hybridized carbons (Fsp3) is 0.333. The summed E-state index contributed by atoms with van der Waals surface area (Å²) in [5, 5.41) is 14.5. The molecule has 18 heavy (non-hydrogen) atoms. The van der Waals surface area contributed by atoms with Gasteiger partial charge in [0.1, 0.15) is 6.10 Å². The zero-order valence-corrected chi connectivity index (χ0v) is 9.68. The Hall–Kier alpha value is -1.92. The first-order valence-corrected chi connectivity index (χ1v) is 5.63. The Balaban J connectivity index is 2.02. The first-order valence-electron chi connectivity index (χ1n) is 5.63. The van der Waals surface area contributed by atoms with Crippen LogP contribution < -0.4 is 10.6 Å². The molecule has 0 saturated carbocycles. The molecule has 0 aliphatic carbocycles. The van der Waals surface area contributed by atoms with Crippen LogP contribution >= 0.6 is 0 Å². The lowest BCUT2D eigenvalue weighted by atomic mass is 10.2. The molecule has 1 aliphatic rings. The number of anilines is 1. The van der Waals surface area contributed by atoms with Crippen molar-refractivity contribution in [2.45, 2.75) is 6.10 Å². The third-order valence-corrected chi connectivity index (χ3v) is 2.60. The van der Waals surface area contributed by atoms with Gasteiger partial charge in [-0.1, -0.05) is 6.07 Å². The number of hydrogen-bond donors (Lipinski definition) is 3. The molecule has 6 heteroatoms. The standard InChI is InChI=1S/C12H14N2O4/c15-11(10-7-13-4-5-18-10)14-9-3-1-2-8(6-9)12(16)17/h1-3,6,10,13H,4-5,7H2,(H,14,15)(H,16,17). The maximum atomic E-state index is 11.8. The van der Waals surface area contributed by atoms with Gasteiger partial charge in [0.15, 0.2) is 0 Å². The van der Waals surface area contributed by atoms with Crippen LogP contribution in [0.25, 0.3) is 0 Å². The van der Waals surface area contributed by atoms with E-state index >= 15 is 0 Å².